The van der Waals surface area contributed by atoms with Crippen molar-refractivity contribution in [3.8, 4) is 16.9 Å². The number of hydrogen-bond donors (Lipinski definition) is 1. The maximum absolute atomic E-state index is 13.1. The van der Waals surface area contributed by atoms with Crippen molar-refractivity contribution in [3.63, 3.8) is 0 Å². The van der Waals surface area contributed by atoms with Gasteiger partial charge in [-0.25, -0.2) is 0 Å². The van der Waals surface area contributed by atoms with Crippen LogP contribution in [0.3, 0.4) is 0 Å². The lowest BCUT2D eigenvalue weighted by molar-refractivity contribution is 0.103. The monoisotopic (exact) mass is 324 g/mol. The number of phenolic OH excluding ortho intramolecular Hbond substituents is 1. The van der Waals surface area contributed by atoms with Crippen molar-refractivity contribution in [2.45, 2.75) is 0 Å². The third-order valence-corrected chi connectivity index (χ3v) is 4.37. The Morgan fingerprint density at radius 2 is 1.32 bits per heavy atom. The first-order valence-corrected chi connectivity index (χ1v) is 8.15. The molecule has 0 amide bonds. The number of benzene rings is 4. The molecule has 0 heterocycles. The standard InChI is InChI=1S/C23H16O2/c24-22(17-11-5-2-6-12-17)21-20(16-9-3-1-4-10-16)15-18-13-7-8-14-19(18)23(21)25/h1-15,25H. The SMILES string of the molecule is O=C(c1ccccc1)c1c(-c2ccccc2)cc2ccccc2c1O. The van der Waals surface area contributed by atoms with Gasteiger partial charge in [-0.3, -0.25) is 4.79 Å². The van der Waals surface area contributed by atoms with Crippen molar-refractivity contribution in [2.24, 2.45) is 0 Å². The zero-order chi connectivity index (χ0) is 17.2. The normalized spacial score (nSPS) is 10.7. The first-order valence-electron chi connectivity index (χ1n) is 8.15. The molecule has 0 unspecified atom stereocenters. The fraction of sp³-hybridized carbons (Fsp3) is 0. The van der Waals surface area contributed by atoms with Gasteiger partial charge in [0.2, 0.25) is 0 Å². The molecule has 4 aromatic rings. The highest BCUT2D eigenvalue weighted by Gasteiger charge is 2.21. The molecule has 4 aromatic carbocycles. The van der Waals surface area contributed by atoms with Crippen molar-refractivity contribution in [3.05, 3.63) is 102 Å². The first kappa shape index (κ1) is 15.2. The lowest BCUT2D eigenvalue weighted by atomic mass is 9.90. The average molecular weight is 324 g/mol. The van der Waals surface area contributed by atoms with Crippen molar-refractivity contribution in [1.29, 1.82) is 0 Å². The van der Waals surface area contributed by atoms with E-state index in [1.54, 1.807) is 12.1 Å². The summed E-state index contributed by atoms with van der Waals surface area (Å²) in [5.74, 6) is -0.145. The summed E-state index contributed by atoms with van der Waals surface area (Å²) in [5, 5.41) is 12.5. The van der Waals surface area contributed by atoms with E-state index in [1.165, 1.54) is 0 Å². The minimum Gasteiger partial charge on any atom is -0.507 e. The van der Waals surface area contributed by atoms with Gasteiger partial charge in [-0.1, -0.05) is 84.9 Å². The Kier molecular flexibility index (Phi) is 3.79. The highest BCUT2D eigenvalue weighted by molar-refractivity contribution is 6.17. The van der Waals surface area contributed by atoms with Crippen LogP contribution in [0.25, 0.3) is 21.9 Å². The summed E-state index contributed by atoms with van der Waals surface area (Å²) in [5.41, 5.74) is 2.55. The largest absolute Gasteiger partial charge is 0.507 e. The van der Waals surface area contributed by atoms with Crippen molar-refractivity contribution in [2.75, 3.05) is 0 Å². The smallest absolute Gasteiger partial charge is 0.197 e. The van der Waals surface area contributed by atoms with E-state index in [2.05, 4.69) is 0 Å². The molecule has 0 saturated heterocycles. The van der Waals surface area contributed by atoms with Gasteiger partial charge in [0.25, 0.3) is 0 Å². The molecular formula is C23H16O2. The number of fused-ring (bicyclic) bond motifs is 1. The Bertz CT molecular complexity index is 1050. The van der Waals surface area contributed by atoms with Crippen molar-refractivity contribution in [1.82, 2.24) is 0 Å². The minimum absolute atomic E-state index is 0.0332. The molecule has 0 atom stereocenters. The van der Waals surface area contributed by atoms with Crippen molar-refractivity contribution < 1.29 is 9.90 Å². The summed E-state index contributed by atoms with van der Waals surface area (Å²) in [6, 6.07) is 28.3. The molecule has 0 radical (unpaired) electrons. The van der Waals surface area contributed by atoms with Gasteiger partial charge in [0.05, 0.1) is 5.56 Å². The van der Waals surface area contributed by atoms with E-state index in [0.717, 1.165) is 16.5 Å². The quantitative estimate of drug-likeness (QED) is 0.509. The molecule has 0 aliphatic carbocycles. The summed E-state index contributed by atoms with van der Waals surface area (Å²) in [6.07, 6.45) is 0. The highest BCUT2D eigenvalue weighted by atomic mass is 16.3. The molecule has 0 aliphatic rings. The summed E-state index contributed by atoms with van der Waals surface area (Å²) < 4.78 is 0. The lowest BCUT2D eigenvalue weighted by Gasteiger charge is -2.14. The van der Waals surface area contributed by atoms with Gasteiger partial charge in [-0.15, -0.1) is 0 Å². The number of phenols is 1. The van der Waals surface area contributed by atoms with Crippen LogP contribution in [-0.2, 0) is 0 Å². The average Bonchev–Trinajstić information content (AvgIpc) is 2.69. The molecule has 2 nitrogen and oxygen atoms in total. The Morgan fingerprint density at radius 1 is 0.720 bits per heavy atom. The highest BCUT2D eigenvalue weighted by Crippen LogP contribution is 2.38. The Balaban J connectivity index is 2.04. The van der Waals surface area contributed by atoms with Crippen LogP contribution in [0, 0.1) is 0 Å². The zero-order valence-corrected chi connectivity index (χ0v) is 13.5. The van der Waals surface area contributed by atoms with Crippen LogP contribution in [0.2, 0.25) is 0 Å². The van der Waals surface area contributed by atoms with Gasteiger partial charge >= 0.3 is 0 Å². The fourth-order valence-electron chi connectivity index (χ4n) is 3.14. The van der Waals surface area contributed by atoms with Crippen LogP contribution in [0.1, 0.15) is 15.9 Å². The fourth-order valence-corrected chi connectivity index (χ4v) is 3.14. The summed E-state index contributed by atoms with van der Waals surface area (Å²) >= 11 is 0. The number of aromatic hydroxyl groups is 1. The second kappa shape index (κ2) is 6.25. The predicted molar refractivity (Wildman–Crippen MR) is 101 cm³/mol. The molecule has 1 N–H and O–H groups in total. The van der Waals surface area contributed by atoms with E-state index in [-0.39, 0.29) is 11.5 Å². The second-order valence-electron chi connectivity index (χ2n) is 5.93. The summed E-state index contributed by atoms with van der Waals surface area (Å²) in [7, 11) is 0. The van der Waals surface area contributed by atoms with E-state index in [0.29, 0.717) is 16.5 Å². The van der Waals surface area contributed by atoms with E-state index in [9.17, 15) is 9.90 Å². The Labute approximate surface area is 146 Å². The molecule has 4 rings (SSSR count). The number of rotatable bonds is 3. The van der Waals surface area contributed by atoms with Gasteiger partial charge in [0.15, 0.2) is 5.78 Å². The molecule has 0 bridgehead atoms. The van der Waals surface area contributed by atoms with Crippen molar-refractivity contribution >= 4 is 16.6 Å². The number of carbonyl (C=O) groups is 1. The molecule has 0 spiro atoms. The summed E-state index contributed by atoms with van der Waals surface area (Å²) in [6.45, 7) is 0. The van der Waals surface area contributed by atoms with Crippen LogP contribution in [-0.4, -0.2) is 10.9 Å². The van der Waals surface area contributed by atoms with E-state index < -0.39 is 0 Å². The lowest BCUT2D eigenvalue weighted by Crippen LogP contribution is -2.04. The molecule has 0 aliphatic heterocycles. The molecule has 25 heavy (non-hydrogen) atoms. The zero-order valence-electron chi connectivity index (χ0n) is 13.5. The number of carbonyl (C=O) groups excluding carboxylic acids is 1. The van der Waals surface area contributed by atoms with E-state index >= 15 is 0 Å². The maximum Gasteiger partial charge on any atom is 0.197 e. The van der Waals surface area contributed by atoms with Crippen LogP contribution < -0.4 is 0 Å². The maximum atomic E-state index is 13.1. The third kappa shape index (κ3) is 2.68. The van der Waals surface area contributed by atoms with Crippen LogP contribution in [0.4, 0.5) is 0 Å². The van der Waals surface area contributed by atoms with E-state index in [4.69, 9.17) is 0 Å². The molecule has 0 saturated carbocycles. The Hall–Kier alpha value is -3.39. The number of ketones is 1. The first-order chi connectivity index (χ1) is 12.3. The van der Waals surface area contributed by atoms with Crippen LogP contribution in [0.15, 0.2) is 91.0 Å². The molecule has 0 fully saturated rings. The number of hydrogen-bond acceptors (Lipinski definition) is 2. The van der Waals surface area contributed by atoms with Gasteiger partial charge in [0, 0.05) is 10.9 Å². The third-order valence-electron chi connectivity index (χ3n) is 4.37. The predicted octanol–water partition coefficient (Wildman–Crippen LogP) is 5.44. The Morgan fingerprint density at radius 3 is 2.04 bits per heavy atom. The second-order valence-corrected chi connectivity index (χ2v) is 5.93. The van der Waals surface area contributed by atoms with Gasteiger partial charge in [-0.05, 0) is 22.6 Å². The van der Waals surface area contributed by atoms with Crippen LogP contribution in [0.5, 0.6) is 5.75 Å². The van der Waals surface area contributed by atoms with Crippen LogP contribution >= 0.6 is 0 Å². The minimum atomic E-state index is -0.178. The molecule has 2 heteroatoms. The molecular weight excluding hydrogens is 308 g/mol. The topological polar surface area (TPSA) is 37.3 Å². The van der Waals surface area contributed by atoms with E-state index in [1.807, 2.05) is 78.9 Å². The molecule has 0 aromatic heterocycles. The van der Waals surface area contributed by atoms with Gasteiger partial charge in [-0.2, -0.15) is 0 Å². The van der Waals surface area contributed by atoms with Gasteiger partial charge in [0.1, 0.15) is 5.75 Å². The summed E-state index contributed by atoms with van der Waals surface area (Å²) in [4.78, 5) is 13.1. The molecule has 120 valence electrons. The van der Waals surface area contributed by atoms with Gasteiger partial charge < -0.3 is 5.11 Å².